The second-order valence-corrected chi connectivity index (χ2v) is 5.51. The maximum atomic E-state index is 13.0. The summed E-state index contributed by atoms with van der Waals surface area (Å²) in [4.78, 5) is 8.85. The van der Waals surface area contributed by atoms with Crippen molar-refractivity contribution < 1.29 is 4.39 Å². The lowest BCUT2D eigenvalue weighted by atomic mass is 10.1. The van der Waals surface area contributed by atoms with Crippen molar-refractivity contribution in [2.24, 2.45) is 0 Å². The molecule has 5 heteroatoms. The Labute approximate surface area is 140 Å². The van der Waals surface area contributed by atoms with Crippen molar-refractivity contribution in [2.75, 3.05) is 17.2 Å². The fourth-order valence-electron chi connectivity index (χ4n) is 2.36. The van der Waals surface area contributed by atoms with Crippen LogP contribution in [0.3, 0.4) is 0 Å². The number of nitrogens with zero attached hydrogens (tertiary/aromatic N) is 2. The molecular formula is C19H19FN4. The SMILES string of the molecule is Cc1cc(Nc2ccc(F)cc2)nc(NCCc2ccccc2)n1. The summed E-state index contributed by atoms with van der Waals surface area (Å²) in [5, 5.41) is 6.41. The Hall–Kier alpha value is -2.95. The Morgan fingerprint density at radius 2 is 1.71 bits per heavy atom. The highest BCUT2D eigenvalue weighted by Crippen LogP contribution is 2.17. The minimum atomic E-state index is -0.261. The van der Waals surface area contributed by atoms with E-state index in [0.717, 1.165) is 24.3 Å². The van der Waals surface area contributed by atoms with Crippen LogP contribution < -0.4 is 10.6 Å². The highest BCUT2D eigenvalue weighted by molar-refractivity contribution is 5.57. The fourth-order valence-corrected chi connectivity index (χ4v) is 2.36. The number of aromatic nitrogens is 2. The lowest BCUT2D eigenvalue weighted by Crippen LogP contribution is -2.09. The highest BCUT2D eigenvalue weighted by Gasteiger charge is 2.03. The van der Waals surface area contributed by atoms with Gasteiger partial charge < -0.3 is 10.6 Å². The first-order valence-electron chi connectivity index (χ1n) is 7.85. The lowest BCUT2D eigenvalue weighted by Gasteiger charge is -2.10. The van der Waals surface area contributed by atoms with Crippen molar-refractivity contribution in [1.29, 1.82) is 0 Å². The summed E-state index contributed by atoms with van der Waals surface area (Å²) in [6.07, 6.45) is 0.902. The molecule has 0 aliphatic carbocycles. The van der Waals surface area contributed by atoms with Crippen LogP contribution in [0.5, 0.6) is 0 Å². The molecule has 0 aliphatic heterocycles. The van der Waals surface area contributed by atoms with Crippen LogP contribution in [0.4, 0.5) is 21.8 Å². The molecule has 0 aliphatic rings. The summed E-state index contributed by atoms with van der Waals surface area (Å²) in [5.74, 6) is 0.995. The number of anilines is 3. The zero-order valence-electron chi connectivity index (χ0n) is 13.5. The van der Waals surface area contributed by atoms with Crippen LogP contribution in [0, 0.1) is 12.7 Å². The van der Waals surface area contributed by atoms with E-state index in [1.165, 1.54) is 17.7 Å². The molecule has 1 aromatic heterocycles. The predicted octanol–water partition coefficient (Wildman–Crippen LogP) is 4.32. The van der Waals surface area contributed by atoms with Crippen molar-refractivity contribution in [3.05, 3.63) is 77.7 Å². The van der Waals surface area contributed by atoms with Crippen LogP contribution in [0.15, 0.2) is 60.7 Å². The Morgan fingerprint density at radius 1 is 0.958 bits per heavy atom. The second kappa shape index (κ2) is 7.55. The zero-order valence-corrected chi connectivity index (χ0v) is 13.5. The van der Waals surface area contributed by atoms with Gasteiger partial charge in [0.05, 0.1) is 0 Å². The van der Waals surface area contributed by atoms with Gasteiger partial charge >= 0.3 is 0 Å². The quantitative estimate of drug-likeness (QED) is 0.709. The molecule has 24 heavy (non-hydrogen) atoms. The molecule has 0 unspecified atom stereocenters. The Kier molecular flexibility index (Phi) is 5.01. The number of nitrogens with one attached hydrogen (secondary N) is 2. The van der Waals surface area contributed by atoms with Crippen molar-refractivity contribution in [3.63, 3.8) is 0 Å². The molecular weight excluding hydrogens is 303 g/mol. The summed E-state index contributed by atoms with van der Waals surface area (Å²) in [7, 11) is 0. The summed E-state index contributed by atoms with van der Waals surface area (Å²) in [5.41, 5.74) is 2.91. The van der Waals surface area contributed by atoms with Gasteiger partial charge in [0.2, 0.25) is 5.95 Å². The van der Waals surface area contributed by atoms with Gasteiger partial charge in [-0.25, -0.2) is 9.37 Å². The van der Waals surface area contributed by atoms with E-state index >= 15 is 0 Å². The van der Waals surface area contributed by atoms with Gasteiger partial charge in [0.1, 0.15) is 11.6 Å². The third-order valence-corrected chi connectivity index (χ3v) is 3.51. The van der Waals surface area contributed by atoms with Crippen molar-refractivity contribution in [3.8, 4) is 0 Å². The van der Waals surface area contributed by atoms with Gasteiger partial charge in [0.15, 0.2) is 0 Å². The first-order valence-corrected chi connectivity index (χ1v) is 7.85. The summed E-state index contributed by atoms with van der Waals surface area (Å²) < 4.78 is 13.0. The molecule has 0 atom stereocenters. The number of rotatable bonds is 6. The molecule has 0 bridgehead atoms. The predicted molar refractivity (Wildman–Crippen MR) is 95.1 cm³/mol. The Bertz CT molecular complexity index is 788. The van der Waals surface area contributed by atoms with Gasteiger partial charge in [-0.3, -0.25) is 0 Å². The third kappa shape index (κ3) is 4.52. The number of hydrogen-bond donors (Lipinski definition) is 2. The Balaban J connectivity index is 1.64. The van der Waals surface area contributed by atoms with E-state index < -0.39 is 0 Å². The van der Waals surface area contributed by atoms with E-state index in [0.29, 0.717) is 11.8 Å². The van der Waals surface area contributed by atoms with Crippen molar-refractivity contribution >= 4 is 17.5 Å². The molecule has 0 saturated heterocycles. The molecule has 2 N–H and O–H groups in total. The van der Waals surface area contributed by atoms with Crippen LogP contribution in [-0.4, -0.2) is 16.5 Å². The van der Waals surface area contributed by atoms with Gasteiger partial charge in [-0.1, -0.05) is 30.3 Å². The monoisotopic (exact) mass is 322 g/mol. The lowest BCUT2D eigenvalue weighted by molar-refractivity contribution is 0.628. The van der Waals surface area contributed by atoms with E-state index in [4.69, 9.17) is 0 Å². The molecule has 3 rings (SSSR count). The zero-order chi connectivity index (χ0) is 16.8. The smallest absolute Gasteiger partial charge is 0.224 e. The molecule has 0 radical (unpaired) electrons. The summed E-state index contributed by atoms with van der Waals surface area (Å²) >= 11 is 0. The number of aryl methyl sites for hydroxylation is 1. The number of hydrogen-bond acceptors (Lipinski definition) is 4. The first kappa shape index (κ1) is 15.9. The molecule has 0 amide bonds. The van der Waals surface area contributed by atoms with Crippen LogP contribution >= 0.6 is 0 Å². The molecule has 1 heterocycles. The largest absolute Gasteiger partial charge is 0.354 e. The van der Waals surface area contributed by atoms with Gasteiger partial charge in [-0.05, 0) is 43.2 Å². The third-order valence-electron chi connectivity index (χ3n) is 3.51. The molecule has 0 spiro atoms. The first-order chi connectivity index (χ1) is 11.7. The van der Waals surface area contributed by atoms with Gasteiger partial charge in [0, 0.05) is 24.0 Å². The Morgan fingerprint density at radius 3 is 2.46 bits per heavy atom. The molecule has 3 aromatic rings. The fraction of sp³-hybridized carbons (Fsp3) is 0.158. The second-order valence-electron chi connectivity index (χ2n) is 5.51. The van der Waals surface area contributed by atoms with E-state index in [1.54, 1.807) is 12.1 Å². The van der Waals surface area contributed by atoms with E-state index in [9.17, 15) is 4.39 Å². The number of halogens is 1. The summed E-state index contributed by atoms with van der Waals surface area (Å²) in [6, 6.07) is 18.3. The van der Waals surface area contributed by atoms with Crippen molar-refractivity contribution in [2.45, 2.75) is 13.3 Å². The normalized spacial score (nSPS) is 10.4. The van der Waals surface area contributed by atoms with E-state index in [1.807, 2.05) is 31.2 Å². The van der Waals surface area contributed by atoms with Crippen LogP contribution in [0.2, 0.25) is 0 Å². The average Bonchev–Trinajstić information content (AvgIpc) is 2.57. The topological polar surface area (TPSA) is 49.8 Å². The van der Waals surface area contributed by atoms with Gasteiger partial charge in [0.25, 0.3) is 0 Å². The van der Waals surface area contributed by atoms with E-state index in [-0.39, 0.29) is 5.82 Å². The molecule has 2 aromatic carbocycles. The van der Waals surface area contributed by atoms with Gasteiger partial charge in [-0.2, -0.15) is 4.98 Å². The summed E-state index contributed by atoms with van der Waals surface area (Å²) in [6.45, 7) is 2.67. The van der Waals surface area contributed by atoms with Crippen LogP contribution in [-0.2, 0) is 6.42 Å². The minimum Gasteiger partial charge on any atom is -0.354 e. The maximum Gasteiger partial charge on any atom is 0.224 e. The number of benzene rings is 2. The molecule has 4 nitrogen and oxygen atoms in total. The highest BCUT2D eigenvalue weighted by atomic mass is 19.1. The van der Waals surface area contributed by atoms with Gasteiger partial charge in [-0.15, -0.1) is 0 Å². The van der Waals surface area contributed by atoms with Crippen molar-refractivity contribution in [1.82, 2.24) is 9.97 Å². The maximum absolute atomic E-state index is 13.0. The van der Waals surface area contributed by atoms with Crippen LogP contribution in [0.1, 0.15) is 11.3 Å². The molecule has 0 saturated carbocycles. The van der Waals surface area contributed by atoms with Crippen LogP contribution in [0.25, 0.3) is 0 Å². The molecule has 122 valence electrons. The minimum absolute atomic E-state index is 0.261. The molecule has 0 fully saturated rings. The standard InChI is InChI=1S/C19H19FN4/c1-14-13-18(23-17-9-7-16(20)8-10-17)24-19(22-14)21-12-11-15-5-3-2-4-6-15/h2-10,13H,11-12H2,1H3,(H2,21,22,23,24). The average molecular weight is 322 g/mol. The van der Waals surface area contributed by atoms with E-state index in [2.05, 4.69) is 32.7 Å².